The first kappa shape index (κ1) is 45.1. The minimum absolute atomic E-state index is 0.0605. The number of rotatable bonds is 11. The Kier molecular flexibility index (Phi) is 15.6. The molecule has 5 N–H and O–H groups in total. The zero-order chi connectivity index (χ0) is 42.1. The summed E-state index contributed by atoms with van der Waals surface area (Å²) in [4.78, 5) is 62.4. The number of benzene rings is 2. The molecule has 0 saturated heterocycles. The SMILES string of the molecule is COC(=O)CSc1cc(N=c2sc(=O)n3n2CCCC3)c(F)cc1Cl.Cc1ccn2nc(S(=O)(=O)Nc3c(F)cccc3F)nc2n1.O=C(O)CNCP(=O)(O)O. The lowest BCUT2D eigenvalue weighted by molar-refractivity contribution is -0.137. The van der Waals surface area contributed by atoms with Gasteiger partial charge in [0.25, 0.3) is 21.0 Å². The Morgan fingerprint density at radius 1 is 1.09 bits per heavy atom. The van der Waals surface area contributed by atoms with Crippen LogP contribution >= 0.6 is 42.3 Å². The molecule has 0 aliphatic carbocycles. The van der Waals surface area contributed by atoms with Crippen molar-refractivity contribution in [2.24, 2.45) is 4.99 Å². The molecule has 0 bridgehead atoms. The van der Waals surface area contributed by atoms with Gasteiger partial charge in [0.15, 0.2) is 0 Å². The van der Waals surface area contributed by atoms with Gasteiger partial charge in [-0.3, -0.25) is 33.7 Å². The van der Waals surface area contributed by atoms with E-state index in [1.54, 1.807) is 27.1 Å². The minimum Gasteiger partial charge on any atom is -0.480 e. The predicted molar refractivity (Wildman–Crippen MR) is 200 cm³/mol. The van der Waals surface area contributed by atoms with Crippen LogP contribution in [0.15, 0.2) is 62.4 Å². The predicted octanol–water partition coefficient (Wildman–Crippen LogP) is 3.10. The van der Waals surface area contributed by atoms with Crippen LogP contribution in [0.5, 0.6) is 0 Å². The van der Waals surface area contributed by atoms with E-state index in [2.05, 4.69) is 30.1 Å². The van der Waals surface area contributed by atoms with Crippen LogP contribution in [0.2, 0.25) is 5.02 Å². The van der Waals surface area contributed by atoms with E-state index in [4.69, 9.17) is 26.5 Å². The molecule has 1 aliphatic rings. The summed E-state index contributed by atoms with van der Waals surface area (Å²) in [5.41, 5.74) is -0.0815. The van der Waals surface area contributed by atoms with Crippen LogP contribution in [0.3, 0.4) is 0 Å². The number of aryl methyl sites for hydroxylation is 1. The van der Waals surface area contributed by atoms with Gasteiger partial charge in [-0.1, -0.05) is 17.7 Å². The molecule has 5 aromatic rings. The molecule has 3 aromatic heterocycles. The van der Waals surface area contributed by atoms with Crippen LogP contribution in [-0.4, -0.2) is 89.9 Å². The number of esters is 1. The number of carboxylic acids is 1. The van der Waals surface area contributed by atoms with E-state index >= 15 is 0 Å². The number of anilines is 1. The molecule has 1 aliphatic heterocycles. The quantitative estimate of drug-likeness (QED) is 0.0725. The van der Waals surface area contributed by atoms with E-state index in [1.807, 2.05) is 0 Å². The fourth-order valence-corrected chi connectivity index (χ4v) is 7.82. The molecule has 57 heavy (non-hydrogen) atoms. The maximum absolute atomic E-state index is 14.3. The number of carbonyl (C=O) groups excluding carboxylic acids is 1. The molecule has 6 rings (SSSR count). The fraction of sp³-hybridized carbons (Fsp3) is 0.300. The third-order valence-corrected chi connectivity index (χ3v) is 11.1. The van der Waals surface area contributed by atoms with Crippen molar-refractivity contribution in [1.29, 1.82) is 0 Å². The second-order valence-electron chi connectivity index (χ2n) is 11.4. The zero-order valence-corrected chi connectivity index (χ0v) is 33.6. The second-order valence-corrected chi connectivity index (χ2v) is 16.9. The molecule has 0 fully saturated rings. The van der Waals surface area contributed by atoms with Crippen molar-refractivity contribution in [2.75, 3.05) is 30.4 Å². The van der Waals surface area contributed by atoms with Crippen LogP contribution in [0, 0.1) is 24.4 Å². The molecule has 0 unspecified atom stereocenters. The Labute approximate surface area is 333 Å². The molecule has 19 nitrogen and oxygen atoms in total. The average Bonchev–Trinajstić information content (AvgIpc) is 3.71. The van der Waals surface area contributed by atoms with Crippen LogP contribution in [-0.2, 0) is 42.0 Å². The second kappa shape index (κ2) is 19.7. The number of sulfonamides is 1. The Hall–Kier alpha value is -4.62. The molecular formula is C30H32ClF3N9O10PS3. The lowest BCUT2D eigenvalue weighted by Crippen LogP contribution is -2.31. The van der Waals surface area contributed by atoms with E-state index < -0.39 is 70.7 Å². The number of aromatic nitrogens is 6. The van der Waals surface area contributed by atoms with Crippen molar-refractivity contribution < 1.29 is 55.4 Å². The summed E-state index contributed by atoms with van der Waals surface area (Å²) in [6, 6.07) is 7.25. The number of carboxylic acid groups (broad SMARTS) is 1. The highest BCUT2D eigenvalue weighted by molar-refractivity contribution is 8.00. The molecule has 308 valence electrons. The lowest BCUT2D eigenvalue weighted by atomic mass is 10.3. The zero-order valence-electron chi connectivity index (χ0n) is 29.5. The van der Waals surface area contributed by atoms with Crippen molar-refractivity contribution in [1.82, 2.24) is 34.3 Å². The first-order chi connectivity index (χ1) is 26.8. The number of nitrogens with one attached hydrogen (secondary N) is 2. The Morgan fingerprint density at radius 3 is 2.39 bits per heavy atom. The van der Waals surface area contributed by atoms with Crippen molar-refractivity contribution in [2.45, 2.75) is 42.9 Å². The number of hydrogen-bond acceptors (Lipinski definition) is 14. The number of hydrogen-bond donors (Lipinski definition) is 5. The highest BCUT2D eigenvalue weighted by atomic mass is 35.5. The number of thioether (sulfide) groups is 1. The first-order valence-corrected chi connectivity index (χ1v) is 21.4. The normalized spacial score (nSPS) is 12.9. The van der Waals surface area contributed by atoms with Gasteiger partial charge in [0.05, 0.1) is 30.7 Å². The van der Waals surface area contributed by atoms with Gasteiger partial charge in [-0.05, 0) is 61.4 Å². The van der Waals surface area contributed by atoms with E-state index in [9.17, 15) is 40.5 Å². The third kappa shape index (κ3) is 12.9. The molecular weight excluding hydrogens is 866 g/mol. The smallest absolute Gasteiger partial charge is 0.339 e. The highest BCUT2D eigenvalue weighted by Gasteiger charge is 2.24. The molecule has 0 saturated carbocycles. The van der Waals surface area contributed by atoms with Gasteiger partial charge in [0, 0.05) is 29.9 Å². The number of carbonyl (C=O) groups is 2. The molecule has 0 radical (unpaired) electrons. The van der Waals surface area contributed by atoms with Gasteiger partial charge in [-0.25, -0.2) is 32.3 Å². The van der Waals surface area contributed by atoms with Gasteiger partial charge in [0.2, 0.25) is 4.80 Å². The van der Waals surface area contributed by atoms with Gasteiger partial charge in [-0.15, -0.1) is 16.9 Å². The number of methoxy groups -OCH3 is 1. The summed E-state index contributed by atoms with van der Waals surface area (Å²) in [5.74, 6) is -4.08. The van der Waals surface area contributed by atoms with Crippen molar-refractivity contribution in [3.05, 3.63) is 85.2 Å². The van der Waals surface area contributed by atoms with Crippen LogP contribution < -0.4 is 19.7 Å². The Bertz CT molecular complexity index is 2540. The van der Waals surface area contributed by atoms with Crippen LogP contribution in [0.1, 0.15) is 18.5 Å². The van der Waals surface area contributed by atoms with Gasteiger partial charge in [-0.2, -0.15) is 13.4 Å². The summed E-state index contributed by atoms with van der Waals surface area (Å²) in [7, 11) is -7.15. The number of nitrogens with zero attached hydrogens (tertiary/aromatic N) is 7. The van der Waals surface area contributed by atoms with Crippen LogP contribution in [0.4, 0.5) is 24.5 Å². The van der Waals surface area contributed by atoms with Crippen molar-refractivity contribution in [3.63, 3.8) is 0 Å². The number of aliphatic carboxylic acids is 1. The van der Waals surface area contributed by atoms with Crippen molar-refractivity contribution >= 4 is 81.4 Å². The average molecular weight is 898 g/mol. The van der Waals surface area contributed by atoms with Gasteiger partial charge in [0.1, 0.15) is 28.8 Å². The van der Waals surface area contributed by atoms with E-state index in [-0.39, 0.29) is 27.1 Å². The number of ether oxygens (including phenoxy) is 1. The molecule has 27 heteroatoms. The molecule has 2 aromatic carbocycles. The summed E-state index contributed by atoms with van der Waals surface area (Å²) >= 11 is 8.17. The van der Waals surface area contributed by atoms with E-state index in [0.29, 0.717) is 28.5 Å². The molecule has 0 amide bonds. The van der Waals surface area contributed by atoms with Gasteiger partial charge >= 0.3 is 24.4 Å². The highest BCUT2D eigenvalue weighted by Crippen LogP contribution is 2.33. The standard InChI is InChI=1S/C15H15ClFN3O3S2.C12H9F2N5O2S.C3H8NO5P/c1-23-13(21)8-24-12-7-11(10(17)6-9(12)16)18-14-19-4-2-3-5-20(19)15(22)25-14;1-7-5-6-19-11(15-7)16-12(17-19)22(20,21)18-10-8(13)3-2-4-9(10)14;5-3(6)1-4-2-10(7,8)9/h6-7H,2-5,8H2,1H3;2-6,18H,1H3;4H,1-2H2,(H,5,6)(H2,7,8,9). The minimum atomic E-state index is -4.35. The number of fused-ring (bicyclic) bond motifs is 2. The summed E-state index contributed by atoms with van der Waals surface area (Å²) in [6.45, 7) is 2.59. The maximum Gasteiger partial charge on any atom is 0.339 e. The molecule has 0 spiro atoms. The monoisotopic (exact) mass is 897 g/mol. The summed E-state index contributed by atoms with van der Waals surface area (Å²) < 4.78 is 86.6. The fourth-order valence-electron chi connectivity index (χ4n) is 4.47. The van der Waals surface area contributed by atoms with Crippen molar-refractivity contribution in [3.8, 4) is 0 Å². The Balaban J connectivity index is 0.000000207. The summed E-state index contributed by atoms with van der Waals surface area (Å²) in [5, 5.41) is 13.4. The lowest BCUT2D eigenvalue weighted by Gasteiger charge is -2.15. The van der Waals surface area contributed by atoms with Crippen LogP contribution in [0.25, 0.3) is 5.78 Å². The maximum atomic E-state index is 14.3. The topological polar surface area (TPSA) is 262 Å². The number of para-hydroxylation sites is 1. The molecule has 4 heterocycles. The summed E-state index contributed by atoms with van der Waals surface area (Å²) in [6.07, 6.45) is 2.78. The van der Waals surface area contributed by atoms with E-state index in [0.717, 1.165) is 64.7 Å². The Morgan fingerprint density at radius 2 is 1.75 bits per heavy atom. The first-order valence-electron chi connectivity index (χ1n) is 16.0. The molecule has 0 atom stereocenters. The van der Waals surface area contributed by atoms with Gasteiger partial charge < -0.3 is 19.6 Å². The third-order valence-electron chi connectivity index (χ3n) is 7.04. The number of halogens is 4. The largest absolute Gasteiger partial charge is 0.480 e. The van der Waals surface area contributed by atoms with E-state index in [1.165, 1.54) is 19.4 Å².